The van der Waals surface area contributed by atoms with Crippen LogP contribution in [0.3, 0.4) is 0 Å². The van der Waals surface area contributed by atoms with Crippen LogP contribution < -0.4 is 5.32 Å². The fraction of sp³-hybridized carbons (Fsp3) is 0.688. The molecule has 0 aliphatic rings. The summed E-state index contributed by atoms with van der Waals surface area (Å²) in [6.07, 6.45) is 7.64. The van der Waals surface area contributed by atoms with Crippen LogP contribution in [0.1, 0.15) is 45.6 Å². The molecule has 3 heteroatoms. The Balaban J connectivity index is 2.12. The number of rotatable bonds is 10. The van der Waals surface area contributed by atoms with Crippen LogP contribution in [0.15, 0.2) is 24.5 Å². The third-order valence-electron chi connectivity index (χ3n) is 3.31. The molecule has 0 bridgehead atoms. The van der Waals surface area contributed by atoms with E-state index in [1.54, 1.807) is 0 Å². The first-order chi connectivity index (χ1) is 9.22. The van der Waals surface area contributed by atoms with E-state index in [1.165, 1.54) is 31.4 Å². The third-order valence-corrected chi connectivity index (χ3v) is 3.31. The van der Waals surface area contributed by atoms with Crippen LogP contribution in [-0.2, 0) is 6.54 Å². The predicted octanol–water partition coefficient (Wildman–Crippen LogP) is 3.07. The summed E-state index contributed by atoms with van der Waals surface area (Å²) in [5.41, 5.74) is 1.36. The first kappa shape index (κ1) is 16.1. The molecule has 0 saturated heterocycles. The fourth-order valence-corrected chi connectivity index (χ4v) is 2.12. The van der Waals surface area contributed by atoms with Crippen molar-refractivity contribution < 1.29 is 0 Å². The van der Waals surface area contributed by atoms with Gasteiger partial charge in [0.1, 0.15) is 0 Å². The highest BCUT2D eigenvalue weighted by Gasteiger charge is 2.03. The number of nitrogens with one attached hydrogen (secondary N) is 1. The molecule has 0 aromatic carbocycles. The Kier molecular flexibility index (Phi) is 8.43. The van der Waals surface area contributed by atoms with Crippen LogP contribution in [0.5, 0.6) is 0 Å². The van der Waals surface area contributed by atoms with Crippen molar-refractivity contribution >= 4 is 0 Å². The molecule has 19 heavy (non-hydrogen) atoms. The van der Waals surface area contributed by atoms with Gasteiger partial charge in [0.15, 0.2) is 0 Å². The number of pyridine rings is 1. The molecule has 0 fully saturated rings. The smallest absolute Gasteiger partial charge is 0.0271 e. The molecule has 1 heterocycles. The van der Waals surface area contributed by atoms with E-state index in [0.29, 0.717) is 6.04 Å². The van der Waals surface area contributed by atoms with Crippen molar-refractivity contribution in [1.29, 1.82) is 0 Å². The molecule has 1 rings (SSSR count). The summed E-state index contributed by atoms with van der Waals surface area (Å²) in [5.74, 6) is 0. The number of hydrogen-bond donors (Lipinski definition) is 1. The maximum Gasteiger partial charge on any atom is 0.0271 e. The fourth-order valence-electron chi connectivity index (χ4n) is 2.12. The first-order valence-electron chi connectivity index (χ1n) is 7.57. The molecule has 1 aromatic heterocycles. The third kappa shape index (κ3) is 7.96. The Morgan fingerprint density at radius 3 is 2.53 bits per heavy atom. The highest BCUT2D eigenvalue weighted by Crippen LogP contribution is 2.05. The molecule has 0 unspecified atom stereocenters. The van der Waals surface area contributed by atoms with E-state index in [2.05, 4.69) is 48.1 Å². The minimum atomic E-state index is 0.610. The molecule has 0 spiro atoms. The normalized spacial score (nSPS) is 11.4. The molecule has 1 N–H and O–H groups in total. The lowest BCUT2D eigenvalue weighted by atomic mass is 10.2. The van der Waals surface area contributed by atoms with E-state index >= 15 is 0 Å². The maximum atomic E-state index is 4.06. The molecule has 1 aromatic rings. The largest absolute Gasteiger partial charge is 0.315 e. The minimum Gasteiger partial charge on any atom is -0.315 e. The predicted molar refractivity (Wildman–Crippen MR) is 82.2 cm³/mol. The second kappa shape index (κ2) is 9.93. The van der Waals surface area contributed by atoms with Gasteiger partial charge in [0.05, 0.1) is 0 Å². The summed E-state index contributed by atoms with van der Waals surface area (Å²) >= 11 is 0. The average molecular weight is 263 g/mol. The quantitative estimate of drug-likeness (QED) is 0.658. The van der Waals surface area contributed by atoms with Gasteiger partial charge in [-0.1, -0.05) is 27.2 Å². The Morgan fingerprint density at radius 1 is 1.16 bits per heavy atom. The van der Waals surface area contributed by atoms with Crippen LogP contribution >= 0.6 is 0 Å². The molecular formula is C16H29N3. The van der Waals surface area contributed by atoms with E-state index < -0.39 is 0 Å². The van der Waals surface area contributed by atoms with Crippen LogP contribution in [0.4, 0.5) is 0 Å². The zero-order valence-corrected chi connectivity index (χ0v) is 12.7. The van der Waals surface area contributed by atoms with E-state index in [-0.39, 0.29) is 0 Å². The van der Waals surface area contributed by atoms with Gasteiger partial charge in [0.2, 0.25) is 0 Å². The molecule has 0 amide bonds. The van der Waals surface area contributed by atoms with Crippen molar-refractivity contribution in [2.75, 3.05) is 19.6 Å². The molecular weight excluding hydrogens is 234 g/mol. The van der Waals surface area contributed by atoms with Gasteiger partial charge in [-0.05, 0) is 50.2 Å². The molecule has 0 radical (unpaired) electrons. The van der Waals surface area contributed by atoms with E-state index in [0.717, 1.165) is 19.6 Å². The zero-order chi connectivity index (χ0) is 13.9. The van der Waals surface area contributed by atoms with Crippen LogP contribution in [0.2, 0.25) is 0 Å². The van der Waals surface area contributed by atoms with E-state index in [9.17, 15) is 0 Å². The summed E-state index contributed by atoms with van der Waals surface area (Å²) in [5, 5.41) is 3.47. The molecule has 0 aliphatic heterocycles. The lowest BCUT2D eigenvalue weighted by Gasteiger charge is -2.20. The molecule has 0 saturated carbocycles. The highest BCUT2D eigenvalue weighted by molar-refractivity contribution is 5.09. The topological polar surface area (TPSA) is 28.2 Å². The lowest BCUT2D eigenvalue weighted by Crippen LogP contribution is -2.25. The number of unbranched alkanes of at least 4 members (excludes halogenated alkanes) is 2. The van der Waals surface area contributed by atoms with Gasteiger partial charge < -0.3 is 5.32 Å². The van der Waals surface area contributed by atoms with Crippen molar-refractivity contribution in [3.05, 3.63) is 30.1 Å². The van der Waals surface area contributed by atoms with Gasteiger partial charge in [-0.3, -0.25) is 9.88 Å². The SMILES string of the molecule is CCN(CCCCCNC(C)C)Cc1ccncc1. The molecule has 0 aliphatic carbocycles. The molecule has 108 valence electrons. The Bertz CT molecular complexity index is 311. The van der Waals surface area contributed by atoms with Gasteiger partial charge in [-0.25, -0.2) is 0 Å². The number of nitrogens with zero attached hydrogens (tertiary/aromatic N) is 2. The number of hydrogen-bond acceptors (Lipinski definition) is 3. The summed E-state index contributed by atoms with van der Waals surface area (Å²) in [6, 6.07) is 4.82. The second-order valence-corrected chi connectivity index (χ2v) is 5.39. The summed E-state index contributed by atoms with van der Waals surface area (Å²) in [4.78, 5) is 6.57. The van der Waals surface area contributed by atoms with Gasteiger partial charge in [0.25, 0.3) is 0 Å². The minimum absolute atomic E-state index is 0.610. The standard InChI is InChI=1S/C16H29N3/c1-4-19(14-16-8-11-17-12-9-16)13-7-5-6-10-18-15(2)3/h8-9,11-12,15,18H,4-7,10,13-14H2,1-3H3. The van der Waals surface area contributed by atoms with Crippen LogP contribution in [-0.4, -0.2) is 35.6 Å². The van der Waals surface area contributed by atoms with Gasteiger partial charge in [-0.2, -0.15) is 0 Å². The Labute approximate surface area is 118 Å². The summed E-state index contributed by atoms with van der Waals surface area (Å²) in [6.45, 7) is 11.1. The van der Waals surface area contributed by atoms with E-state index in [1.807, 2.05) is 12.4 Å². The van der Waals surface area contributed by atoms with Gasteiger partial charge in [-0.15, -0.1) is 0 Å². The van der Waals surface area contributed by atoms with E-state index in [4.69, 9.17) is 0 Å². The van der Waals surface area contributed by atoms with Crippen molar-refractivity contribution in [1.82, 2.24) is 15.2 Å². The second-order valence-electron chi connectivity index (χ2n) is 5.39. The Hall–Kier alpha value is -0.930. The van der Waals surface area contributed by atoms with Gasteiger partial charge >= 0.3 is 0 Å². The number of aromatic nitrogens is 1. The average Bonchev–Trinajstić information content (AvgIpc) is 2.42. The summed E-state index contributed by atoms with van der Waals surface area (Å²) < 4.78 is 0. The first-order valence-corrected chi connectivity index (χ1v) is 7.57. The lowest BCUT2D eigenvalue weighted by molar-refractivity contribution is 0.272. The Morgan fingerprint density at radius 2 is 1.89 bits per heavy atom. The summed E-state index contributed by atoms with van der Waals surface area (Å²) in [7, 11) is 0. The van der Waals surface area contributed by atoms with Crippen LogP contribution in [0.25, 0.3) is 0 Å². The highest BCUT2D eigenvalue weighted by atomic mass is 15.1. The maximum absolute atomic E-state index is 4.06. The van der Waals surface area contributed by atoms with Crippen molar-refractivity contribution in [2.24, 2.45) is 0 Å². The molecule has 3 nitrogen and oxygen atoms in total. The zero-order valence-electron chi connectivity index (χ0n) is 12.7. The van der Waals surface area contributed by atoms with Crippen molar-refractivity contribution in [3.63, 3.8) is 0 Å². The van der Waals surface area contributed by atoms with Crippen LogP contribution in [0, 0.1) is 0 Å². The van der Waals surface area contributed by atoms with Gasteiger partial charge in [0, 0.05) is 25.0 Å². The van der Waals surface area contributed by atoms with Crippen molar-refractivity contribution in [2.45, 2.75) is 52.6 Å². The molecule has 0 atom stereocenters. The van der Waals surface area contributed by atoms with Crippen molar-refractivity contribution in [3.8, 4) is 0 Å². The monoisotopic (exact) mass is 263 g/mol.